The second-order valence-electron chi connectivity index (χ2n) is 4.23. The van der Waals surface area contributed by atoms with Crippen LogP contribution < -0.4 is 10.6 Å². The fraction of sp³-hybridized carbons (Fsp3) is 0.308. The lowest BCUT2D eigenvalue weighted by Gasteiger charge is -2.23. The van der Waals surface area contributed by atoms with Gasteiger partial charge in [-0.3, -0.25) is 14.9 Å². The Bertz CT molecular complexity index is 473. The Kier molecular flexibility index (Phi) is 4.04. The number of amides is 2. The van der Waals surface area contributed by atoms with Crippen molar-refractivity contribution in [3.63, 3.8) is 0 Å². The van der Waals surface area contributed by atoms with Crippen LogP contribution in [0.2, 0.25) is 0 Å². The van der Waals surface area contributed by atoms with E-state index in [2.05, 4.69) is 10.6 Å². The minimum Gasteiger partial charge on any atom is -0.368 e. The lowest BCUT2D eigenvalue weighted by atomic mass is 10.1. The molecule has 2 amide bonds. The van der Waals surface area contributed by atoms with Crippen molar-refractivity contribution >= 4 is 29.0 Å². The average Bonchev–Trinajstić information content (AvgIpc) is 2.34. The van der Waals surface area contributed by atoms with Crippen molar-refractivity contribution in [1.29, 1.82) is 0 Å². The molecule has 5 heteroatoms. The highest BCUT2D eigenvalue weighted by molar-refractivity contribution is 7.80. The van der Waals surface area contributed by atoms with E-state index in [9.17, 15) is 9.59 Å². The molecule has 0 aromatic heterocycles. The molecule has 0 bridgehead atoms. The molecule has 18 heavy (non-hydrogen) atoms. The summed E-state index contributed by atoms with van der Waals surface area (Å²) in [6.07, 6.45) is 1.46. The maximum absolute atomic E-state index is 11.5. The molecule has 1 fully saturated rings. The Morgan fingerprint density at radius 3 is 2.72 bits per heavy atom. The van der Waals surface area contributed by atoms with Gasteiger partial charge in [-0.25, -0.2) is 0 Å². The lowest BCUT2D eigenvalue weighted by Crippen LogP contribution is -2.52. The number of thiocarbonyl (C=S) groups is 1. The largest absolute Gasteiger partial charge is 0.368 e. The van der Waals surface area contributed by atoms with Crippen LogP contribution in [0.5, 0.6) is 0 Å². The number of carbonyl (C=O) groups is 2. The summed E-state index contributed by atoms with van der Waals surface area (Å²) in [5.74, 6) is -0.506. The number of imide groups is 1. The average molecular weight is 262 g/mol. The smallest absolute Gasteiger partial charge is 0.249 e. The molecular weight excluding hydrogens is 248 g/mol. The molecule has 1 unspecified atom stereocenters. The van der Waals surface area contributed by atoms with Crippen molar-refractivity contribution in [2.75, 3.05) is 0 Å². The summed E-state index contributed by atoms with van der Waals surface area (Å²) >= 11 is 5.22. The first-order valence-electron chi connectivity index (χ1n) is 5.82. The zero-order chi connectivity index (χ0) is 13.0. The molecule has 4 nitrogen and oxygen atoms in total. The number of hydrogen-bond acceptors (Lipinski definition) is 3. The highest BCUT2D eigenvalue weighted by Crippen LogP contribution is 2.06. The van der Waals surface area contributed by atoms with Gasteiger partial charge in [0.1, 0.15) is 6.04 Å². The fourth-order valence-electron chi connectivity index (χ4n) is 1.86. The van der Waals surface area contributed by atoms with Gasteiger partial charge < -0.3 is 5.32 Å². The molecule has 94 valence electrons. The maximum Gasteiger partial charge on any atom is 0.249 e. The third kappa shape index (κ3) is 3.37. The third-order valence-electron chi connectivity index (χ3n) is 2.78. The first-order valence-corrected chi connectivity index (χ1v) is 6.23. The van der Waals surface area contributed by atoms with Crippen LogP contribution in [-0.2, 0) is 16.0 Å². The SMILES string of the molecule is O=C1CCC(NC(=S)Cc2ccccc2)C(=O)N1. The first-order chi connectivity index (χ1) is 8.65. The van der Waals surface area contributed by atoms with Crippen LogP contribution in [-0.4, -0.2) is 22.8 Å². The minimum absolute atomic E-state index is 0.216. The number of benzene rings is 1. The van der Waals surface area contributed by atoms with E-state index in [4.69, 9.17) is 12.2 Å². The predicted molar refractivity (Wildman–Crippen MR) is 72.1 cm³/mol. The summed E-state index contributed by atoms with van der Waals surface area (Å²) in [6.45, 7) is 0. The van der Waals surface area contributed by atoms with Crippen molar-refractivity contribution < 1.29 is 9.59 Å². The fourth-order valence-corrected chi connectivity index (χ4v) is 2.17. The van der Waals surface area contributed by atoms with Gasteiger partial charge >= 0.3 is 0 Å². The predicted octanol–water partition coefficient (Wildman–Crippen LogP) is 0.951. The van der Waals surface area contributed by atoms with Crippen LogP contribution >= 0.6 is 12.2 Å². The van der Waals surface area contributed by atoms with Crippen molar-refractivity contribution in [3.8, 4) is 0 Å². The van der Waals surface area contributed by atoms with Gasteiger partial charge in [0.2, 0.25) is 11.8 Å². The van der Waals surface area contributed by atoms with Crippen LogP contribution in [0.25, 0.3) is 0 Å². The van der Waals surface area contributed by atoms with Gasteiger partial charge in [-0.1, -0.05) is 42.5 Å². The second-order valence-corrected chi connectivity index (χ2v) is 4.73. The van der Waals surface area contributed by atoms with Gasteiger partial charge in [-0.15, -0.1) is 0 Å². The topological polar surface area (TPSA) is 58.2 Å². The number of rotatable bonds is 3. The van der Waals surface area contributed by atoms with Crippen LogP contribution in [0, 0.1) is 0 Å². The summed E-state index contributed by atoms with van der Waals surface area (Å²) in [5.41, 5.74) is 1.10. The van der Waals surface area contributed by atoms with Gasteiger partial charge in [0.15, 0.2) is 0 Å². The van der Waals surface area contributed by atoms with E-state index in [1.807, 2.05) is 30.3 Å². The second kappa shape index (κ2) is 5.73. The van der Waals surface area contributed by atoms with Gasteiger partial charge in [0, 0.05) is 12.8 Å². The van der Waals surface area contributed by atoms with Gasteiger partial charge in [0.25, 0.3) is 0 Å². The molecule has 1 heterocycles. The van der Waals surface area contributed by atoms with Crippen molar-refractivity contribution in [2.45, 2.75) is 25.3 Å². The zero-order valence-corrected chi connectivity index (χ0v) is 10.6. The van der Waals surface area contributed by atoms with Crippen LogP contribution in [0.15, 0.2) is 30.3 Å². The van der Waals surface area contributed by atoms with Gasteiger partial charge in [-0.2, -0.15) is 0 Å². The molecular formula is C13H14N2O2S. The zero-order valence-electron chi connectivity index (χ0n) is 9.81. The Hall–Kier alpha value is -1.75. The monoisotopic (exact) mass is 262 g/mol. The molecule has 0 saturated carbocycles. The molecule has 2 N–H and O–H groups in total. The van der Waals surface area contributed by atoms with Crippen LogP contribution in [0.3, 0.4) is 0 Å². The summed E-state index contributed by atoms with van der Waals surface area (Å²) in [6, 6.07) is 9.42. The number of piperidine rings is 1. The van der Waals surface area contributed by atoms with E-state index in [-0.39, 0.29) is 17.9 Å². The highest BCUT2D eigenvalue weighted by Gasteiger charge is 2.26. The van der Waals surface area contributed by atoms with E-state index in [0.717, 1.165) is 5.56 Å². The molecule has 1 saturated heterocycles. The molecule has 1 aliphatic rings. The molecule has 1 aliphatic heterocycles. The van der Waals surface area contributed by atoms with Crippen LogP contribution in [0.4, 0.5) is 0 Å². The summed E-state index contributed by atoms with van der Waals surface area (Å²) in [4.78, 5) is 23.2. The number of carbonyl (C=O) groups excluding carboxylic acids is 2. The Morgan fingerprint density at radius 2 is 2.06 bits per heavy atom. The van der Waals surface area contributed by atoms with Gasteiger partial charge in [-0.05, 0) is 12.0 Å². The standard InChI is InChI=1S/C13H14N2O2S/c16-11-7-6-10(13(17)15-11)14-12(18)8-9-4-2-1-3-5-9/h1-5,10H,6-8H2,(H,14,18)(H,15,16,17). The number of nitrogens with one attached hydrogen (secondary N) is 2. The molecule has 1 atom stereocenters. The van der Waals surface area contributed by atoms with E-state index in [1.54, 1.807) is 0 Å². The normalized spacial score (nSPS) is 19.2. The molecule has 2 rings (SSSR count). The lowest BCUT2D eigenvalue weighted by molar-refractivity contribution is -0.134. The third-order valence-corrected chi connectivity index (χ3v) is 3.04. The van der Waals surface area contributed by atoms with E-state index < -0.39 is 0 Å². The molecule has 0 spiro atoms. The minimum atomic E-state index is -0.390. The Labute approximate surface area is 111 Å². The molecule has 0 aliphatic carbocycles. The van der Waals surface area contributed by atoms with Crippen LogP contribution in [0.1, 0.15) is 18.4 Å². The van der Waals surface area contributed by atoms with Gasteiger partial charge in [0.05, 0.1) is 4.99 Å². The molecule has 1 aromatic carbocycles. The maximum atomic E-state index is 11.5. The Morgan fingerprint density at radius 1 is 1.33 bits per heavy atom. The van der Waals surface area contributed by atoms with Crippen molar-refractivity contribution in [3.05, 3.63) is 35.9 Å². The molecule has 1 aromatic rings. The summed E-state index contributed by atoms with van der Waals surface area (Å²) < 4.78 is 0. The Balaban J connectivity index is 1.88. The van der Waals surface area contributed by atoms with Crippen molar-refractivity contribution in [2.24, 2.45) is 0 Å². The molecule has 0 radical (unpaired) electrons. The van der Waals surface area contributed by atoms with E-state index in [1.165, 1.54) is 0 Å². The first kappa shape index (κ1) is 12.7. The van der Waals surface area contributed by atoms with Crippen molar-refractivity contribution in [1.82, 2.24) is 10.6 Å². The highest BCUT2D eigenvalue weighted by atomic mass is 32.1. The van der Waals surface area contributed by atoms with E-state index in [0.29, 0.717) is 24.3 Å². The van der Waals surface area contributed by atoms with E-state index >= 15 is 0 Å². The summed E-state index contributed by atoms with van der Waals surface area (Å²) in [7, 11) is 0. The quantitative estimate of drug-likeness (QED) is 0.629. The summed E-state index contributed by atoms with van der Waals surface area (Å²) in [5, 5.41) is 5.30. The number of hydrogen-bond donors (Lipinski definition) is 2.